The Morgan fingerprint density at radius 2 is 2.20 bits per heavy atom. The molecule has 0 radical (unpaired) electrons. The van der Waals surface area contributed by atoms with Gasteiger partial charge in [-0.1, -0.05) is 6.07 Å². The number of hydrogen-bond acceptors (Lipinski definition) is 4. The lowest BCUT2D eigenvalue weighted by Crippen LogP contribution is -2.11. The number of rotatable bonds is 7. The maximum Gasteiger partial charge on any atom is 0.144 e. The fraction of sp³-hybridized carbons (Fsp3) is 0.400. The molecule has 0 amide bonds. The van der Waals surface area contributed by atoms with E-state index in [4.69, 9.17) is 10.5 Å². The van der Waals surface area contributed by atoms with Gasteiger partial charge >= 0.3 is 0 Å². The van der Waals surface area contributed by atoms with E-state index in [9.17, 15) is 0 Å². The zero-order valence-corrected chi connectivity index (χ0v) is 12.0. The summed E-state index contributed by atoms with van der Waals surface area (Å²) in [7, 11) is 0. The molecule has 0 fully saturated rings. The van der Waals surface area contributed by atoms with Gasteiger partial charge in [-0.05, 0) is 38.5 Å². The van der Waals surface area contributed by atoms with Crippen LogP contribution in [0.3, 0.4) is 0 Å². The van der Waals surface area contributed by atoms with Crippen molar-refractivity contribution in [1.29, 1.82) is 0 Å². The van der Waals surface area contributed by atoms with Crippen molar-refractivity contribution in [3.8, 4) is 5.75 Å². The van der Waals surface area contributed by atoms with E-state index in [2.05, 4.69) is 10.4 Å². The van der Waals surface area contributed by atoms with Crippen molar-refractivity contribution in [2.45, 2.75) is 32.9 Å². The van der Waals surface area contributed by atoms with Gasteiger partial charge in [0.1, 0.15) is 5.75 Å². The van der Waals surface area contributed by atoms with Crippen LogP contribution in [-0.2, 0) is 6.54 Å². The first kappa shape index (κ1) is 14.2. The normalized spacial score (nSPS) is 10.8. The molecule has 1 aromatic carbocycles. The van der Waals surface area contributed by atoms with Crippen LogP contribution in [0.15, 0.2) is 36.7 Å². The minimum atomic E-state index is 0.118. The van der Waals surface area contributed by atoms with Gasteiger partial charge in [0.2, 0.25) is 0 Å². The fourth-order valence-corrected chi connectivity index (χ4v) is 1.95. The lowest BCUT2D eigenvalue weighted by atomic mass is 10.2. The van der Waals surface area contributed by atoms with E-state index in [-0.39, 0.29) is 6.10 Å². The molecule has 0 unspecified atom stereocenters. The van der Waals surface area contributed by atoms with Gasteiger partial charge in [-0.25, -0.2) is 0 Å². The van der Waals surface area contributed by atoms with Crippen LogP contribution in [0.2, 0.25) is 0 Å². The van der Waals surface area contributed by atoms with E-state index < -0.39 is 0 Å². The Hall–Kier alpha value is -2.17. The standard InChI is InChI=1S/C15H22N4O/c1-12(2)20-14-7-3-6-13(15(14)16)17-8-4-10-19-11-5-9-18-19/h3,5-7,9,11-12,17H,4,8,10,16H2,1-2H3. The van der Waals surface area contributed by atoms with Crippen molar-refractivity contribution in [3.63, 3.8) is 0 Å². The summed E-state index contributed by atoms with van der Waals surface area (Å²) in [5.74, 6) is 0.733. The van der Waals surface area contributed by atoms with Crippen molar-refractivity contribution in [3.05, 3.63) is 36.7 Å². The van der Waals surface area contributed by atoms with Crippen LogP contribution in [0.4, 0.5) is 11.4 Å². The van der Waals surface area contributed by atoms with Gasteiger partial charge in [-0.3, -0.25) is 4.68 Å². The Kier molecular flexibility index (Phi) is 4.87. The summed E-state index contributed by atoms with van der Waals surface area (Å²) >= 11 is 0. The first-order chi connectivity index (χ1) is 9.66. The number of hydrogen-bond donors (Lipinski definition) is 2. The zero-order valence-electron chi connectivity index (χ0n) is 12.0. The smallest absolute Gasteiger partial charge is 0.144 e. The third kappa shape index (κ3) is 3.91. The van der Waals surface area contributed by atoms with E-state index in [0.29, 0.717) is 5.69 Å². The molecule has 0 atom stereocenters. The number of nitrogens with one attached hydrogen (secondary N) is 1. The lowest BCUT2D eigenvalue weighted by Gasteiger charge is -2.15. The number of ether oxygens (including phenoxy) is 1. The Morgan fingerprint density at radius 1 is 1.35 bits per heavy atom. The zero-order chi connectivity index (χ0) is 14.4. The Balaban J connectivity index is 1.86. The fourth-order valence-electron chi connectivity index (χ4n) is 1.95. The molecule has 0 aliphatic heterocycles. The van der Waals surface area contributed by atoms with Crippen LogP contribution >= 0.6 is 0 Å². The number of benzene rings is 1. The van der Waals surface area contributed by atoms with Gasteiger partial charge in [0.25, 0.3) is 0 Å². The first-order valence-electron chi connectivity index (χ1n) is 6.93. The molecule has 0 bridgehead atoms. The molecule has 0 aliphatic rings. The van der Waals surface area contributed by atoms with E-state index >= 15 is 0 Å². The van der Waals surface area contributed by atoms with Crippen LogP contribution in [0.25, 0.3) is 0 Å². The monoisotopic (exact) mass is 274 g/mol. The minimum Gasteiger partial charge on any atom is -0.489 e. The number of nitrogens with two attached hydrogens (primary N) is 1. The van der Waals surface area contributed by atoms with Gasteiger partial charge in [0, 0.05) is 25.5 Å². The topological polar surface area (TPSA) is 65.1 Å². The van der Waals surface area contributed by atoms with Gasteiger partial charge < -0.3 is 15.8 Å². The van der Waals surface area contributed by atoms with E-state index in [0.717, 1.165) is 30.9 Å². The molecule has 20 heavy (non-hydrogen) atoms. The van der Waals surface area contributed by atoms with Crippen LogP contribution in [0.5, 0.6) is 5.75 Å². The molecule has 1 aromatic heterocycles. The van der Waals surface area contributed by atoms with Gasteiger partial charge in [0.15, 0.2) is 0 Å². The van der Waals surface area contributed by atoms with Gasteiger partial charge in [-0.2, -0.15) is 5.10 Å². The largest absolute Gasteiger partial charge is 0.489 e. The molecule has 3 N–H and O–H groups in total. The van der Waals surface area contributed by atoms with Gasteiger partial charge in [-0.15, -0.1) is 0 Å². The lowest BCUT2D eigenvalue weighted by molar-refractivity contribution is 0.244. The number of aryl methyl sites for hydroxylation is 1. The second-order valence-electron chi connectivity index (χ2n) is 4.93. The summed E-state index contributed by atoms with van der Waals surface area (Å²) in [5.41, 5.74) is 7.69. The molecule has 5 heteroatoms. The molecule has 0 spiro atoms. The summed E-state index contributed by atoms with van der Waals surface area (Å²) < 4.78 is 7.59. The van der Waals surface area contributed by atoms with Crippen LogP contribution in [-0.4, -0.2) is 22.4 Å². The predicted molar refractivity (Wildman–Crippen MR) is 82.0 cm³/mol. The van der Waals surface area contributed by atoms with Crippen LogP contribution in [0, 0.1) is 0 Å². The predicted octanol–water partition coefficient (Wildman–Crippen LogP) is 2.75. The van der Waals surface area contributed by atoms with Crippen molar-refractivity contribution < 1.29 is 4.74 Å². The second-order valence-corrected chi connectivity index (χ2v) is 4.93. The molecule has 5 nitrogen and oxygen atoms in total. The summed E-state index contributed by atoms with van der Waals surface area (Å²) in [6.07, 6.45) is 4.85. The Bertz CT molecular complexity index is 523. The third-order valence-electron chi connectivity index (χ3n) is 2.87. The highest BCUT2D eigenvalue weighted by Crippen LogP contribution is 2.29. The summed E-state index contributed by atoms with van der Waals surface area (Å²) in [4.78, 5) is 0. The van der Waals surface area contributed by atoms with Crippen molar-refractivity contribution in [2.24, 2.45) is 0 Å². The average molecular weight is 274 g/mol. The van der Waals surface area contributed by atoms with Gasteiger partial charge in [0.05, 0.1) is 17.5 Å². The Morgan fingerprint density at radius 3 is 2.90 bits per heavy atom. The highest BCUT2D eigenvalue weighted by molar-refractivity contribution is 5.72. The van der Waals surface area contributed by atoms with E-state index in [1.54, 1.807) is 6.20 Å². The maximum absolute atomic E-state index is 6.10. The molecule has 0 saturated carbocycles. The SMILES string of the molecule is CC(C)Oc1cccc(NCCCn2cccn2)c1N. The second kappa shape index (κ2) is 6.84. The minimum absolute atomic E-state index is 0.118. The van der Waals surface area contributed by atoms with Crippen molar-refractivity contribution >= 4 is 11.4 Å². The van der Waals surface area contributed by atoms with E-state index in [1.807, 2.05) is 49.0 Å². The first-order valence-corrected chi connectivity index (χ1v) is 6.93. The quantitative estimate of drug-likeness (QED) is 0.602. The number of nitrogens with zero attached hydrogens (tertiary/aromatic N) is 2. The highest BCUT2D eigenvalue weighted by atomic mass is 16.5. The summed E-state index contributed by atoms with van der Waals surface area (Å²) in [6, 6.07) is 7.74. The molecule has 2 aromatic rings. The molecular weight excluding hydrogens is 252 g/mol. The molecule has 108 valence electrons. The summed E-state index contributed by atoms with van der Waals surface area (Å²) in [5, 5.41) is 7.51. The molecule has 1 heterocycles. The van der Waals surface area contributed by atoms with Crippen molar-refractivity contribution in [1.82, 2.24) is 9.78 Å². The number of anilines is 2. The van der Waals surface area contributed by atoms with E-state index in [1.165, 1.54) is 0 Å². The number of nitrogen functional groups attached to an aromatic ring is 1. The average Bonchev–Trinajstić information content (AvgIpc) is 2.91. The highest BCUT2D eigenvalue weighted by Gasteiger charge is 2.06. The summed E-state index contributed by atoms with van der Waals surface area (Å²) in [6.45, 7) is 5.71. The maximum atomic E-state index is 6.10. The molecule has 2 rings (SSSR count). The molecule has 0 saturated heterocycles. The third-order valence-corrected chi connectivity index (χ3v) is 2.87. The van der Waals surface area contributed by atoms with Crippen molar-refractivity contribution in [2.75, 3.05) is 17.6 Å². The number of aromatic nitrogens is 2. The number of para-hydroxylation sites is 1. The van der Waals surface area contributed by atoms with Crippen LogP contribution in [0.1, 0.15) is 20.3 Å². The van der Waals surface area contributed by atoms with Crippen LogP contribution < -0.4 is 15.8 Å². The molecular formula is C15H22N4O. The molecule has 0 aliphatic carbocycles. The Labute approximate surface area is 119 Å².